The fourth-order valence-corrected chi connectivity index (χ4v) is 2.44. The zero-order valence-corrected chi connectivity index (χ0v) is 8.63. The number of aromatic amines is 1. The Bertz CT molecular complexity index is 547. The van der Waals surface area contributed by atoms with Crippen molar-refractivity contribution in [1.29, 1.82) is 0 Å². The Balaban J connectivity index is 2.23. The molecule has 1 atom stereocenters. The van der Waals surface area contributed by atoms with Crippen LogP contribution in [0, 0.1) is 0 Å². The van der Waals surface area contributed by atoms with Crippen molar-refractivity contribution in [1.82, 2.24) is 4.98 Å². The van der Waals surface area contributed by atoms with E-state index < -0.39 is 11.3 Å². The first-order valence-corrected chi connectivity index (χ1v) is 5.25. The number of hydrogen-bond acceptors (Lipinski definition) is 1. The van der Waals surface area contributed by atoms with Crippen molar-refractivity contribution < 1.29 is 8.78 Å². The molecule has 1 aromatic carbocycles. The predicted molar refractivity (Wildman–Crippen MR) is 58.6 cm³/mol. The Hall–Kier alpha value is -1.42. The Morgan fingerprint density at radius 2 is 2.06 bits per heavy atom. The van der Waals surface area contributed by atoms with Crippen LogP contribution in [-0.2, 0) is 5.41 Å². The van der Waals surface area contributed by atoms with Crippen LogP contribution in [0.15, 0.2) is 30.5 Å². The van der Waals surface area contributed by atoms with Gasteiger partial charge in [-0.25, -0.2) is 8.78 Å². The minimum Gasteiger partial charge on any atom is -0.361 e. The summed E-state index contributed by atoms with van der Waals surface area (Å²) in [4.78, 5) is 3.02. The smallest absolute Gasteiger partial charge is 0.260 e. The van der Waals surface area contributed by atoms with Gasteiger partial charge in [0.15, 0.2) is 0 Å². The minimum atomic E-state index is -2.67. The third-order valence-corrected chi connectivity index (χ3v) is 3.55. The summed E-state index contributed by atoms with van der Waals surface area (Å²) >= 11 is 0. The molecule has 1 unspecified atom stereocenters. The zero-order chi connectivity index (χ0) is 11.4. The van der Waals surface area contributed by atoms with Crippen molar-refractivity contribution in [2.45, 2.75) is 17.8 Å². The SMILES string of the molecule is NCC1(c2cccc3cc[nH]c23)CC1(F)F. The number of benzene rings is 1. The van der Waals surface area contributed by atoms with Crippen molar-refractivity contribution in [3.05, 3.63) is 36.0 Å². The lowest BCUT2D eigenvalue weighted by atomic mass is 9.93. The number of nitrogens with two attached hydrogens (primary N) is 1. The van der Waals surface area contributed by atoms with Gasteiger partial charge >= 0.3 is 0 Å². The number of hydrogen-bond donors (Lipinski definition) is 2. The summed E-state index contributed by atoms with van der Waals surface area (Å²) in [5, 5.41) is 0.952. The van der Waals surface area contributed by atoms with Crippen LogP contribution in [0.5, 0.6) is 0 Å². The molecule has 16 heavy (non-hydrogen) atoms. The Morgan fingerprint density at radius 1 is 1.31 bits per heavy atom. The van der Waals surface area contributed by atoms with Gasteiger partial charge in [0, 0.05) is 24.7 Å². The summed E-state index contributed by atoms with van der Waals surface area (Å²) in [5.74, 6) is -2.67. The number of fused-ring (bicyclic) bond motifs is 1. The molecule has 1 saturated carbocycles. The number of nitrogens with one attached hydrogen (secondary N) is 1. The van der Waals surface area contributed by atoms with Gasteiger partial charge in [0.05, 0.1) is 5.41 Å². The van der Waals surface area contributed by atoms with Crippen molar-refractivity contribution in [3.8, 4) is 0 Å². The monoisotopic (exact) mass is 222 g/mol. The molecule has 2 nitrogen and oxygen atoms in total. The number of aromatic nitrogens is 1. The first kappa shape index (κ1) is 9.78. The molecule has 0 saturated heterocycles. The molecule has 1 fully saturated rings. The average Bonchev–Trinajstić information content (AvgIpc) is 2.65. The fourth-order valence-electron chi connectivity index (χ4n) is 2.44. The Kier molecular flexibility index (Phi) is 1.73. The molecule has 3 rings (SSSR count). The molecule has 0 amide bonds. The zero-order valence-electron chi connectivity index (χ0n) is 8.63. The molecule has 2 aromatic rings. The lowest BCUT2D eigenvalue weighted by Crippen LogP contribution is -2.27. The lowest BCUT2D eigenvalue weighted by Gasteiger charge is -2.15. The van der Waals surface area contributed by atoms with Gasteiger partial charge in [-0.2, -0.15) is 0 Å². The largest absolute Gasteiger partial charge is 0.361 e. The van der Waals surface area contributed by atoms with E-state index in [1.807, 2.05) is 12.1 Å². The number of halogens is 2. The highest BCUT2D eigenvalue weighted by Gasteiger charge is 2.71. The maximum Gasteiger partial charge on any atom is 0.260 e. The van der Waals surface area contributed by atoms with E-state index in [4.69, 9.17) is 5.73 Å². The van der Waals surface area contributed by atoms with Gasteiger partial charge in [0.25, 0.3) is 5.92 Å². The minimum absolute atomic E-state index is 0.0157. The molecule has 4 heteroatoms. The summed E-state index contributed by atoms with van der Waals surface area (Å²) in [6.45, 7) is -0.0157. The molecule has 3 N–H and O–H groups in total. The lowest BCUT2D eigenvalue weighted by molar-refractivity contribution is 0.0899. The average molecular weight is 222 g/mol. The van der Waals surface area contributed by atoms with Crippen LogP contribution in [0.4, 0.5) is 8.78 Å². The van der Waals surface area contributed by atoms with Gasteiger partial charge in [-0.1, -0.05) is 18.2 Å². The van der Waals surface area contributed by atoms with Gasteiger partial charge in [0.2, 0.25) is 0 Å². The maximum atomic E-state index is 13.5. The van der Waals surface area contributed by atoms with E-state index in [9.17, 15) is 8.78 Å². The Morgan fingerprint density at radius 3 is 2.69 bits per heavy atom. The number of H-pyrrole nitrogens is 1. The first-order chi connectivity index (χ1) is 7.61. The molecule has 1 aliphatic carbocycles. The molecule has 1 aromatic heterocycles. The third-order valence-electron chi connectivity index (χ3n) is 3.55. The fraction of sp³-hybridized carbons (Fsp3) is 0.333. The molecule has 0 spiro atoms. The predicted octanol–water partition coefficient (Wildman–Crippen LogP) is 2.40. The van der Waals surface area contributed by atoms with Crippen molar-refractivity contribution in [3.63, 3.8) is 0 Å². The van der Waals surface area contributed by atoms with Crippen LogP contribution in [0.1, 0.15) is 12.0 Å². The quantitative estimate of drug-likeness (QED) is 0.805. The van der Waals surface area contributed by atoms with Crippen LogP contribution in [0.2, 0.25) is 0 Å². The second-order valence-corrected chi connectivity index (χ2v) is 4.41. The van der Waals surface area contributed by atoms with Gasteiger partial charge in [0.1, 0.15) is 0 Å². The second-order valence-electron chi connectivity index (χ2n) is 4.41. The normalized spacial score (nSPS) is 27.2. The van der Waals surface area contributed by atoms with E-state index in [1.54, 1.807) is 18.3 Å². The summed E-state index contributed by atoms with van der Waals surface area (Å²) in [5.41, 5.74) is 5.81. The van der Waals surface area contributed by atoms with E-state index in [-0.39, 0.29) is 13.0 Å². The first-order valence-electron chi connectivity index (χ1n) is 5.25. The molecule has 84 valence electrons. The topological polar surface area (TPSA) is 41.8 Å². The number of para-hydroxylation sites is 1. The van der Waals surface area contributed by atoms with E-state index in [1.165, 1.54) is 0 Å². The van der Waals surface area contributed by atoms with E-state index in [0.717, 1.165) is 10.9 Å². The van der Waals surface area contributed by atoms with Gasteiger partial charge in [-0.3, -0.25) is 0 Å². The van der Waals surface area contributed by atoms with Crippen molar-refractivity contribution >= 4 is 10.9 Å². The number of rotatable bonds is 2. The van der Waals surface area contributed by atoms with Crippen LogP contribution in [0.25, 0.3) is 10.9 Å². The summed E-state index contributed by atoms with van der Waals surface area (Å²) in [6.07, 6.45) is 1.62. The molecule has 1 heterocycles. The second kappa shape index (κ2) is 2.83. The Labute approximate surface area is 91.4 Å². The van der Waals surface area contributed by atoms with Crippen LogP contribution in [0.3, 0.4) is 0 Å². The molecular weight excluding hydrogens is 210 g/mol. The molecule has 0 bridgehead atoms. The molecule has 0 radical (unpaired) electrons. The maximum absolute atomic E-state index is 13.5. The standard InChI is InChI=1S/C12H12F2N2/c13-12(14)6-11(12,7-15)9-3-1-2-8-4-5-16-10(8)9/h1-5,16H,6-7,15H2. The summed E-state index contributed by atoms with van der Waals surface area (Å²) in [7, 11) is 0. The van der Waals surface area contributed by atoms with E-state index in [0.29, 0.717) is 5.56 Å². The van der Waals surface area contributed by atoms with Crippen molar-refractivity contribution in [2.75, 3.05) is 6.54 Å². The third kappa shape index (κ3) is 1.02. The number of alkyl halides is 2. The van der Waals surface area contributed by atoms with Crippen molar-refractivity contribution in [2.24, 2.45) is 5.73 Å². The van der Waals surface area contributed by atoms with Crippen LogP contribution < -0.4 is 5.73 Å². The highest BCUT2D eigenvalue weighted by Crippen LogP contribution is 2.61. The molecule has 0 aliphatic heterocycles. The highest BCUT2D eigenvalue weighted by atomic mass is 19.3. The molecule has 1 aliphatic rings. The van der Waals surface area contributed by atoms with Crippen LogP contribution in [-0.4, -0.2) is 17.5 Å². The van der Waals surface area contributed by atoms with Gasteiger partial charge < -0.3 is 10.7 Å². The van der Waals surface area contributed by atoms with Gasteiger partial charge in [-0.15, -0.1) is 0 Å². The van der Waals surface area contributed by atoms with E-state index in [2.05, 4.69) is 4.98 Å². The molecular formula is C12H12F2N2. The summed E-state index contributed by atoms with van der Waals surface area (Å²) in [6, 6.07) is 7.33. The van der Waals surface area contributed by atoms with Gasteiger partial charge in [-0.05, 0) is 17.0 Å². The highest BCUT2D eigenvalue weighted by molar-refractivity contribution is 5.84. The van der Waals surface area contributed by atoms with E-state index >= 15 is 0 Å². The van der Waals surface area contributed by atoms with Crippen LogP contribution >= 0.6 is 0 Å². The summed E-state index contributed by atoms with van der Waals surface area (Å²) < 4.78 is 27.0.